The second-order valence-electron chi connectivity index (χ2n) is 6.29. The topological polar surface area (TPSA) is 66.5 Å². The van der Waals surface area contributed by atoms with Crippen molar-refractivity contribution in [2.75, 3.05) is 0 Å². The van der Waals surface area contributed by atoms with Crippen LogP contribution >= 0.6 is 0 Å². The summed E-state index contributed by atoms with van der Waals surface area (Å²) in [6.07, 6.45) is 2.75. The molecule has 1 aromatic carbocycles. The van der Waals surface area contributed by atoms with Gasteiger partial charge in [0, 0.05) is 18.5 Å². The highest BCUT2D eigenvalue weighted by atomic mass is 16.2. The van der Waals surface area contributed by atoms with Gasteiger partial charge >= 0.3 is 0 Å². The average Bonchev–Trinajstić information content (AvgIpc) is 2.87. The van der Waals surface area contributed by atoms with Crippen molar-refractivity contribution in [1.82, 2.24) is 10.2 Å². The van der Waals surface area contributed by atoms with E-state index in [-0.39, 0.29) is 24.1 Å². The summed E-state index contributed by atoms with van der Waals surface area (Å²) in [5, 5.41) is 2.34. The molecule has 2 aliphatic heterocycles. The summed E-state index contributed by atoms with van der Waals surface area (Å²) in [7, 11) is 0. The molecule has 2 aliphatic rings. The normalized spacial score (nSPS) is 20.9. The zero-order valence-corrected chi connectivity index (χ0v) is 13.6. The molecule has 1 N–H and O–H groups in total. The number of benzene rings is 1. The van der Waals surface area contributed by atoms with Crippen LogP contribution < -0.4 is 5.32 Å². The first kappa shape index (κ1) is 15.7. The van der Waals surface area contributed by atoms with Crippen molar-refractivity contribution in [2.24, 2.45) is 0 Å². The minimum absolute atomic E-state index is 0.0951. The molecule has 1 fully saturated rings. The third kappa shape index (κ3) is 2.64. The molecule has 0 aromatic heterocycles. The minimum atomic E-state index is -0.540. The molecule has 0 spiro atoms. The predicted octanol–water partition coefficient (Wildman–Crippen LogP) is 2.35. The zero-order valence-electron chi connectivity index (χ0n) is 13.6. The molecule has 1 unspecified atom stereocenters. The van der Waals surface area contributed by atoms with Crippen molar-refractivity contribution in [3.63, 3.8) is 0 Å². The van der Waals surface area contributed by atoms with Gasteiger partial charge in [-0.3, -0.25) is 19.7 Å². The number of rotatable bonds is 4. The highest BCUT2D eigenvalue weighted by molar-refractivity contribution is 6.05. The van der Waals surface area contributed by atoms with E-state index in [1.54, 1.807) is 4.90 Å². The molecule has 23 heavy (non-hydrogen) atoms. The van der Waals surface area contributed by atoms with Crippen LogP contribution in [0.1, 0.15) is 66.9 Å². The van der Waals surface area contributed by atoms with E-state index in [1.165, 1.54) is 5.56 Å². The van der Waals surface area contributed by atoms with Gasteiger partial charge in [-0.05, 0) is 42.4 Å². The zero-order chi connectivity index (χ0) is 16.6. The molecule has 0 radical (unpaired) electrons. The molecule has 2 heterocycles. The number of amides is 3. The molecule has 1 atom stereocenters. The molecule has 1 saturated heterocycles. The number of piperidine rings is 1. The van der Waals surface area contributed by atoms with Crippen LogP contribution in [0, 0.1) is 0 Å². The molecule has 5 nitrogen and oxygen atoms in total. The van der Waals surface area contributed by atoms with Crippen LogP contribution in [0.4, 0.5) is 0 Å². The molecule has 3 amide bonds. The smallest absolute Gasteiger partial charge is 0.255 e. The van der Waals surface area contributed by atoms with Crippen LogP contribution in [0.25, 0.3) is 0 Å². The fourth-order valence-corrected chi connectivity index (χ4v) is 3.72. The Labute approximate surface area is 136 Å². The van der Waals surface area contributed by atoms with Gasteiger partial charge in [0.15, 0.2) is 0 Å². The maximum atomic E-state index is 12.7. The lowest BCUT2D eigenvalue weighted by molar-refractivity contribution is -0.136. The van der Waals surface area contributed by atoms with Gasteiger partial charge in [-0.15, -0.1) is 0 Å². The summed E-state index contributed by atoms with van der Waals surface area (Å²) in [4.78, 5) is 37.8. The lowest BCUT2D eigenvalue weighted by Gasteiger charge is -2.29. The molecule has 0 bridgehead atoms. The monoisotopic (exact) mass is 314 g/mol. The Bertz CT molecular complexity index is 664. The van der Waals surface area contributed by atoms with E-state index in [1.807, 2.05) is 12.1 Å². The van der Waals surface area contributed by atoms with Crippen LogP contribution in [-0.4, -0.2) is 28.7 Å². The van der Waals surface area contributed by atoms with Crippen LogP contribution in [0.2, 0.25) is 0 Å². The van der Waals surface area contributed by atoms with E-state index < -0.39 is 6.04 Å². The van der Waals surface area contributed by atoms with Crippen molar-refractivity contribution in [3.05, 3.63) is 34.9 Å². The third-order valence-electron chi connectivity index (χ3n) is 5.04. The van der Waals surface area contributed by atoms with E-state index in [2.05, 4.69) is 25.2 Å². The van der Waals surface area contributed by atoms with Crippen LogP contribution in [-0.2, 0) is 16.1 Å². The Morgan fingerprint density at radius 2 is 1.96 bits per heavy atom. The van der Waals surface area contributed by atoms with Crippen LogP contribution in [0.5, 0.6) is 0 Å². The first-order valence-corrected chi connectivity index (χ1v) is 8.33. The lowest BCUT2D eigenvalue weighted by atomic mass is 9.88. The Morgan fingerprint density at radius 3 is 2.61 bits per heavy atom. The number of hydrogen-bond donors (Lipinski definition) is 1. The predicted molar refractivity (Wildman–Crippen MR) is 85.8 cm³/mol. The maximum absolute atomic E-state index is 12.7. The highest BCUT2D eigenvalue weighted by Gasteiger charge is 2.40. The summed E-state index contributed by atoms with van der Waals surface area (Å²) < 4.78 is 0. The first-order valence-electron chi connectivity index (χ1n) is 8.33. The van der Waals surface area contributed by atoms with E-state index in [9.17, 15) is 14.4 Å². The van der Waals surface area contributed by atoms with E-state index in [0.29, 0.717) is 24.4 Å². The number of imide groups is 1. The van der Waals surface area contributed by atoms with Crippen molar-refractivity contribution < 1.29 is 14.4 Å². The molecular formula is C18H22N2O3. The largest absolute Gasteiger partial charge is 0.322 e. The van der Waals surface area contributed by atoms with Crippen LogP contribution in [0.3, 0.4) is 0 Å². The number of fused-ring (bicyclic) bond motifs is 1. The Kier molecular flexibility index (Phi) is 4.20. The number of carbonyl (C=O) groups excluding carboxylic acids is 3. The second-order valence-corrected chi connectivity index (χ2v) is 6.29. The quantitative estimate of drug-likeness (QED) is 0.868. The van der Waals surface area contributed by atoms with E-state index in [0.717, 1.165) is 18.4 Å². The van der Waals surface area contributed by atoms with Gasteiger partial charge in [0.1, 0.15) is 6.04 Å². The number of nitrogens with zero attached hydrogens (tertiary/aromatic N) is 1. The Hall–Kier alpha value is -2.17. The molecule has 5 heteroatoms. The summed E-state index contributed by atoms with van der Waals surface area (Å²) in [5.41, 5.74) is 2.98. The standard InChI is InChI=1S/C18H22N2O3/c1-3-11(4-2)12-6-5-7-13-14(12)10-20(18(13)23)15-8-9-16(21)19-17(15)22/h5-7,11,15H,3-4,8-10H2,1-2H3,(H,19,21,22). The lowest BCUT2D eigenvalue weighted by Crippen LogP contribution is -2.52. The van der Waals surface area contributed by atoms with Gasteiger partial charge in [0.25, 0.3) is 5.91 Å². The molecule has 0 saturated carbocycles. The number of nitrogens with one attached hydrogen (secondary N) is 1. The fraction of sp³-hybridized carbons (Fsp3) is 0.500. The Morgan fingerprint density at radius 1 is 1.22 bits per heavy atom. The summed E-state index contributed by atoms with van der Waals surface area (Å²) in [6.45, 7) is 4.78. The van der Waals surface area contributed by atoms with Crippen molar-refractivity contribution >= 4 is 17.7 Å². The Balaban J connectivity index is 1.91. The van der Waals surface area contributed by atoms with E-state index in [4.69, 9.17) is 0 Å². The van der Waals surface area contributed by atoms with Gasteiger partial charge in [-0.25, -0.2) is 0 Å². The summed E-state index contributed by atoms with van der Waals surface area (Å²) in [6, 6.07) is 5.33. The maximum Gasteiger partial charge on any atom is 0.255 e. The minimum Gasteiger partial charge on any atom is -0.322 e. The number of carbonyl (C=O) groups is 3. The summed E-state index contributed by atoms with van der Waals surface area (Å²) in [5.74, 6) is -0.276. The molecule has 0 aliphatic carbocycles. The van der Waals surface area contributed by atoms with E-state index >= 15 is 0 Å². The second kappa shape index (κ2) is 6.14. The SMILES string of the molecule is CCC(CC)c1cccc2c1CN(C1CCC(=O)NC1=O)C2=O. The highest BCUT2D eigenvalue weighted by Crippen LogP contribution is 2.35. The third-order valence-corrected chi connectivity index (χ3v) is 5.04. The molecule has 122 valence electrons. The van der Waals surface area contributed by atoms with Gasteiger partial charge in [0.2, 0.25) is 11.8 Å². The van der Waals surface area contributed by atoms with Gasteiger partial charge in [0.05, 0.1) is 0 Å². The average molecular weight is 314 g/mol. The molecular weight excluding hydrogens is 292 g/mol. The van der Waals surface area contributed by atoms with Crippen molar-refractivity contribution in [3.8, 4) is 0 Å². The number of hydrogen-bond acceptors (Lipinski definition) is 3. The fourth-order valence-electron chi connectivity index (χ4n) is 3.72. The van der Waals surface area contributed by atoms with Gasteiger partial charge < -0.3 is 4.90 Å². The molecule has 1 aromatic rings. The van der Waals surface area contributed by atoms with Gasteiger partial charge in [-0.1, -0.05) is 26.0 Å². The van der Waals surface area contributed by atoms with Gasteiger partial charge in [-0.2, -0.15) is 0 Å². The summed E-state index contributed by atoms with van der Waals surface area (Å²) >= 11 is 0. The van der Waals surface area contributed by atoms with Crippen molar-refractivity contribution in [1.29, 1.82) is 0 Å². The first-order chi connectivity index (χ1) is 11.1. The van der Waals surface area contributed by atoms with Crippen LogP contribution in [0.15, 0.2) is 18.2 Å². The molecule has 3 rings (SSSR count). The van der Waals surface area contributed by atoms with Crippen molar-refractivity contribution in [2.45, 2.75) is 58.0 Å².